The number of thiophene rings is 1. The third-order valence-electron chi connectivity index (χ3n) is 5.32. The SMILES string of the molecule is O=C([C@H]1C[C@H]2OCC[C@H]2N(Cc2cccs2)C1)N1CCCC1. The molecule has 0 saturated carbocycles. The summed E-state index contributed by atoms with van der Waals surface area (Å²) in [5, 5.41) is 2.13. The Kier molecular flexibility index (Phi) is 4.20. The number of carbonyl (C=O) groups excluding carboxylic acids is 1. The summed E-state index contributed by atoms with van der Waals surface area (Å²) in [5.74, 6) is 0.486. The van der Waals surface area contributed by atoms with Crippen LogP contribution in [0.5, 0.6) is 0 Å². The molecule has 120 valence electrons. The van der Waals surface area contributed by atoms with Crippen LogP contribution in [-0.4, -0.2) is 54.1 Å². The van der Waals surface area contributed by atoms with Gasteiger partial charge < -0.3 is 9.64 Å². The highest BCUT2D eigenvalue weighted by Crippen LogP contribution is 2.34. The molecule has 0 aromatic carbocycles. The summed E-state index contributed by atoms with van der Waals surface area (Å²) in [4.78, 5) is 18.8. The summed E-state index contributed by atoms with van der Waals surface area (Å²) in [6.45, 7) is 4.62. The van der Waals surface area contributed by atoms with Crippen LogP contribution in [0, 0.1) is 5.92 Å². The lowest BCUT2D eigenvalue weighted by Gasteiger charge is -2.41. The number of fused-ring (bicyclic) bond motifs is 1. The molecule has 22 heavy (non-hydrogen) atoms. The molecule has 3 saturated heterocycles. The molecule has 0 radical (unpaired) electrons. The molecule has 4 rings (SSSR count). The van der Waals surface area contributed by atoms with Crippen LogP contribution >= 0.6 is 11.3 Å². The maximum absolute atomic E-state index is 12.8. The summed E-state index contributed by atoms with van der Waals surface area (Å²) in [7, 11) is 0. The molecule has 0 aliphatic carbocycles. The smallest absolute Gasteiger partial charge is 0.227 e. The summed E-state index contributed by atoms with van der Waals surface area (Å²) in [6.07, 6.45) is 4.62. The first-order valence-electron chi connectivity index (χ1n) is 8.48. The molecule has 4 nitrogen and oxygen atoms in total. The second-order valence-corrected chi connectivity index (χ2v) is 7.77. The maximum Gasteiger partial charge on any atom is 0.227 e. The Morgan fingerprint density at radius 3 is 3.00 bits per heavy atom. The van der Waals surface area contributed by atoms with Gasteiger partial charge in [0.2, 0.25) is 5.91 Å². The lowest BCUT2D eigenvalue weighted by atomic mass is 9.89. The molecule has 3 atom stereocenters. The molecule has 0 N–H and O–H groups in total. The van der Waals surface area contributed by atoms with Crippen LogP contribution in [0.2, 0.25) is 0 Å². The number of ether oxygens (including phenoxy) is 1. The van der Waals surface area contributed by atoms with Crippen molar-refractivity contribution in [2.24, 2.45) is 5.92 Å². The highest BCUT2D eigenvalue weighted by Gasteiger charge is 2.43. The van der Waals surface area contributed by atoms with Gasteiger partial charge in [-0.1, -0.05) is 6.07 Å². The zero-order valence-corrected chi connectivity index (χ0v) is 13.8. The fraction of sp³-hybridized carbons (Fsp3) is 0.706. The molecule has 1 aromatic heterocycles. The Hall–Kier alpha value is -0.910. The molecule has 1 amide bonds. The van der Waals surface area contributed by atoms with E-state index in [1.807, 2.05) is 11.3 Å². The van der Waals surface area contributed by atoms with Crippen LogP contribution in [0.4, 0.5) is 0 Å². The number of amides is 1. The summed E-state index contributed by atoms with van der Waals surface area (Å²) in [5.41, 5.74) is 0. The van der Waals surface area contributed by atoms with E-state index in [1.165, 1.54) is 17.7 Å². The molecule has 3 fully saturated rings. The first-order valence-corrected chi connectivity index (χ1v) is 9.36. The summed E-state index contributed by atoms with van der Waals surface area (Å²) < 4.78 is 5.94. The van der Waals surface area contributed by atoms with E-state index in [4.69, 9.17) is 4.74 Å². The van der Waals surface area contributed by atoms with E-state index in [0.29, 0.717) is 11.9 Å². The number of rotatable bonds is 3. The summed E-state index contributed by atoms with van der Waals surface area (Å²) >= 11 is 1.81. The van der Waals surface area contributed by atoms with Crippen molar-refractivity contribution in [2.45, 2.75) is 44.4 Å². The van der Waals surface area contributed by atoms with E-state index < -0.39 is 0 Å². The molecule has 1 aromatic rings. The van der Waals surface area contributed by atoms with Crippen molar-refractivity contribution in [1.29, 1.82) is 0 Å². The minimum Gasteiger partial charge on any atom is -0.377 e. The molecule has 3 aliphatic rings. The van der Waals surface area contributed by atoms with Crippen LogP contribution in [0.3, 0.4) is 0 Å². The van der Waals surface area contributed by atoms with Gasteiger partial charge in [0.1, 0.15) is 0 Å². The van der Waals surface area contributed by atoms with E-state index in [2.05, 4.69) is 27.3 Å². The van der Waals surface area contributed by atoms with Crippen LogP contribution in [0.1, 0.15) is 30.6 Å². The van der Waals surface area contributed by atoms with Gasteiger partial charge >= 0.3 is 0 Å². The highest BCUT2D eigenvalue weighted by atomic mass is 32.1. The lowest BCUT2D eigenvalue weighted by molar-refractivity contribution is -0.139. The molecular weight excluding hydrogens is 296 g/mol. The number of piperidine rings is 1. The zero-order chi connectivity index (χ0) is 14.9. The van der Waals surface area contributed by atoms with E-state index in [1.54, 1.807) is 0 Å². The van der Waals surface area contributed by atoms with Gasteiger partial charge in [0, 0.05) is 43.7 Å². The second kappa shape index (κ2) is 6.30. The quantitative estimate of drug-likeness (QED) is 0.857. The first kappa shape index (κ1) is 14.7. The van der Waals surface area contributed by atoms with E-state index in [9.17, 15) is 4.79 Å². The monoisotopic (exact) mass is 320 g/mol. The standard InChI is InChI=1S/C17H24N2O2S/c20-17(18-6-1-2-7-18)13-10-16-15(5-8-21-16)19(11-13)12-14-4-3-9-22-14/h3-4,9,13,15-16H,1-2,5-8,10-12H2/t13-,15+,16+/m0/s1. The topological polar surface area (TPSA) is 32.8 Å². The van der Waals surface area contributed by atoms with Gasteiger partial charge in [-0.05, 0) is 37.1 Å². The Morgan fingerprint density at radius 2 is 2.23 bits per heavy atom. The highest BCUT2D eigenvalue weighted by molar-refractivity contribution is 7.09. The Bertz CT molecular complexity index is 513. The number of likely N-dealkylation sites (tertiary alicyclic amines) is 2. The normalized spacial score (nSPS) is 32.4. The Labute approximate surface area is 136 Å². The van der Waals surface area contributed by atoms with Crippen molar-refractivity contribution in [3.05, 3.63) is 22.4 Å². The van der Waals surface area contributed by atoms with Gasteiger partial charge in [0.25, 0.3) is 0 Å². The molecule has 4 heterocycles. The Morgan fingerprint density at radius 1 is 1.36 bits per heavy atom. The average molecular weight is 320 g/mol. The van der Waals surface area contributed by atoms with Crippen LogP contribution in [0.25, 0.3) is 0 Å². The van der Waals surface area contributed by atoms with Crippen molar-refractivity contribution < 1.29 is 9.53 Å². The average Bonchev–Trinajstić information content (AvgIpc) is 3.27. The second-order valence-electron chi connectivity index (χ2n) is 6.74. The zero-order valence-electron chi connectivity index (χ0n) is 12.9. The van der Waals surface area contributed by atoms with E-state index in [0.717, 1.165) is 45.6 Å². The maximum atomic E-state index is 12.8. The van der Waals surface area contributed by atoms with Crippen molar-refractivity contribution in [1.82, 2.24) is 9.80 Å². The van der Waals surface area contributed by atoms with E-state index in [-0.39, 0.29) is 12.0 Å². The summed E-state index contributed by atoms with van der Waals surface area (Å²) in [6, 6.07) is 4.81. The number of nitrogens with zero attached hydrogens (tertiary/aromatic N) is 2. The van der Waals surface area contributed by atoms with Gasteiger partial charge in [0.05, 0.1) is 12.0 Å². The fourth-order valence-corrected chi connectivity index (χ4v) is 4.94. The predicted molar refractivity (Wildman–Crippen MR) is 86.8 cm³/mol. The van der Waals surface area contributed by atoms with Gasteiger partial charge in [-0.15, -0.1) is 11.3 Å². The number of hydrogen-bond donors (Lipinski definition) is 0. The molecular formula is C17H24N2O2S. The van der Waals surface area contributed by atoms with Crippen LogP contribution < -0.4 is 0 Å². The fourth-order valence-electron chi connectivity index (χ4n) is 4.21. The number of hydrogen-bond acceptors (Lipinski definition) is 4. The third kappa shape index (κ3) is 2.82. The van der Waals surface area contributed by atoms with Gasteiger partial charge in [-0.25, -0.2) is 0 Å². The third-order valence-corrected chi connectivity index (χ3v) is 6.18. The Balaban J connectivity index is 1.48. The van der Waals surface area contributed by atoms with Crippen LogP contribution in [0.15, 0.2) is 17.5 Å². The van der Waals surface area contributed by atoms with E-state index >= 15 is 0 Å². The molecule has 0 bridgehead atoms. The number of carbonyl (C=O) groups is 1. The minimum absolute atomic E-state index is 0.123. The van der Waals surface area contributed by atoms with Crippen molar-refractivity contribution in [2.75, 3.05) is 26.2 Å². The minimum atomic E-state index is 0.123. The van der Waals surface area contributed by atoms with Crippen molar-refractivity contribution in [3.8, 4) is 0 Å². The lowest BCUT2D eigenvalue weighted by Crippen LogP contribution is -2.52. The molecule has 0 spiro atoms. The molecule has 3 aliphatic heterocycles. The first-order chi connectivity index (χ1) is 10.8. The van der Waals surface area contributed by atoms with Crippen LogP contribution in [-0.2, 0) is 16.1 Å². The molecule has 5 heteroatoms. The van der Waals surface area contributed by atoms with Crippen molar-refractivity contribution >= 4 is 17.2 Å². The molecule has 0 unspecified atom stereocenters. The van der Waals surface area contributed by atoms with Gasteiger partial charge in [-0.3, -0.25) is 9.69 Å². The van der Waals surface area contributed by atoms with Gasteiger partial charge in [-0.2, -0.15) is 0 Å². The van der Waals surface area contributed by atoms with Gasteiger partial charge in [0.15, 0.2) is 0 Å². The largest absolute Gasteiger partial charge is 0.377 e. The predicted octanol–water partition coefficient (Wildman–Crippen LogP) is 2.35. The van der Waals surface area contributed by atoms with Crippen molar-refractivity contribution in [3.63, 3.8) is 0 Å².